The molecule has 28 N–H and O–H groups in total. The Balaban J connectivity index is -0.00000000721. The van der Waals surface area contributed by atoms with E-state index in [1.54, 1.807) is 0 Å². The topological polar surface area (TPSA) is 495 Å². The summed E-state index contributed by atoms with van der Waals surface area (Å²) >= 11 is 0. The van der Waals surface area contributed by atoms with Crippen molar-refractivity contribution in [2.45, 2.75) is 37.7 Å². The summed E-state index contributed by atoms with van der Waals surface area (Å²) in [5, 5.41) is 92.2. The Bertz CT molecular complexity index is 129. The van der Waals surface area contributed by atoms with Crippen molar-refractivity contribution >= 4 is 0 Å². The van der Waals surface area contributed by atoms with Gasteiger partial charge in [0.2, 0.25) is 37.7 Å². The van der Waals surface area contributed by atoms with Gasteiger partial charge in [0, 0.05) is 103 Å². The summed E-state index contributed by atoms with van der Waals surface area (Å²) in [6.45, 7) is 0. The summed E-state index contributed by atoms with van der Waals surface area (Å²) in [7, 11) is 0. The second kappa shape index (κ2) is 69.7. The molecule has 30 heavy (non-hydrogen) atoms. The van der Waals surface area contributed by atoms with Crippen LogP contribution in [0.5, 0.6) is 0 Å². The van der Waals surface area contributed by atoms with Gasteiger partial charge in [0.05, 0.1) is 0 Å². The molecule has 0 aromatic carbocycles. The molecular weight excluding hydrogens is 572 g/mol. The minimum Gasteiger partial charge on any atom is -0.412 e. The van der Waals surface area contributed by atoms with E-state index in [9.17, 15) is 0 Å². The molecule has 0 saturated heterocycles. The Morgan fingerprint density at radius 2 is 0.233 bits per heavy atom. The van der Waals surface area contributed by atoms with Crippen molar-refractivity contribution in [1.29, 1.82) is 0 Å². The molecule has 0 spiro atoms. The molecule has 0 fully saturated rings. The van der Waals surface area contributed by atoms with Gasteiger partial charge in [-0.05, 0) is 0 Å². The first kappa shape index (κ1) is 105. The van der Waals surface area contributed by atoms with Gasteiger partial charge in [0.25, 0.3) is 0 Å². The van der Waals surface area contributed by atoms with Crippen LogP contribution in [0.2, 0.25) is 0 Å². The van der Waals surface area contributed by atoms with Crippen molar-refractivity contribution in [3.05, 3.63) is 0 Å². The molecule has 0 aromatic rings. The summed E-state index contributed by atoms with van der Waals surface area (Å²) in [5.41, 5.74) is 0. The molecule has 0 aliphatic rings. The van der Waals surface area contributed by atoms with Crippen molar-refractivity contribution in [2.75, 3.05) is 0 Å². The second-order valence-corrected chi connectivity index (χ2v) is 2.48. The predicted octanol–water partition coefficient (Wildman–Crippen LogP) is -13.8. The maximum atomic E-state index is 7.69. The zero-order chi connectivity index (χ0) is 15.5. The fourth-order valence-electron chi connectivity index (χ4n) is 0. The zero-order valence-electron chi connectivity index (χ0n) is 15.1. The van der Waals surface area contributed by atoms with Crippen LogP contribution >= 0.6 is 0 Å². The first-order valence-electron chi connectivity index (χ1n) is 4.10. The van der Waals surface area contributed by atoms with Crippen LogP contribution in [0.4, 0.5) is 0 Å². The Morgan fingerprint density at radius 3 is 0.233 bits per heavy atom. The van der Waals surface area contributed by atoms with Crippen LogP contribution in [0, 0.1) is 0 Å². The summed E-state index contributed by atoms with van der Waals surface area (Å²) in [6, 6.07) is 0. The SMILES string of the molecule is O.O.O.O.O.O.O.O.OC(O)C(O)O.OC(O)C(O)O.OC(O)C(O)O.[Sc].[Sc].[Sc].[Sc]. The van der Waals surface area contributed by atoms with Crippen molar-refractivity contribution in [3.8, 4) is 0 Å². The van der Waals surface area contributed by atoms with Crippen molar-refractivity contribution in [2.24, 2.45) is 0 Å². The first-order valence-corrected chi connectivity index (χ1v) is 4.10. The van der Waals surface area contributed by atoms with Crippen LogP contribution in [0.25, 0.3) is 0 Å². The number of hydrogen-bond acceptors (Lipinski definition) is 12. The van der Waals surface area contributed by atoms with E-state index < -0.39 is 37.7 Å². The average Bonchev–Trinajstić information content (AvgIpc) is 2.18. The van der Waals surface area contributed by atoms with Gasteiger partial charge in [0.15, 0.2) is 0 Å². The zero-order valence-corrected chi connectivity index (χ0v) is 22.4. The van der Waals surface area contributed by atoms with E-state index in [-0.39, 0.29) is 147 Å². The molecule has 0 amide bonds. The van der Waals surface area contributed by atoms with Crippen LogP contribution in [0.1, 0.15) is 0 Å². The maximum absolute atomic E-state index is 7.69. The van der Waals surface area contributed by atoms with Gasteiger partial charge >= 0.3 is 0 Å². The van der Waals surface area contributed by atoms with Crippen LogP contribution in [-0.4, -0.2) is 143 Å². The fourth-order valence-corrected chi connectivity index (χ4v) is 0. The van der Waals surface area contributed by atoms with Crippen LogP contribution in [0.15, 0.2) is 0 Å². The molecule has 0 saturated carbocycles. The quantitative estimate of drug-likeness (QED) is 0.133. The van der Waals surface area contributed by atoms with Gasteiger partial charge in [-0.1, -0.05) is 0 Å². The molecule has 20 nitrogen and oxygen atoms in total. The average molecular weight is 606 g/mol. The van der Waals surface area contributed by atoms with Crippen LogP contribution in [0.3, 0.4) is 0 Å². The molecule has 0 aliphatic heterocycles. The molecule has 0 atom stereocenters. The standard InChI is InChI=1S/3C2H6O4.8H2O.4Sc/c3*3-1(4)2(5)6;;;;;;;;;;;;/h3*1-6H;8*1H2;;;;. The molecule has 0 bridgehead atoms. The summed E-state index contributed by atoms with van der Waals surface area (Å²) < 4.78 is 0. The van der Waals surface area contributed by atoms with E-state index in [4.69, 9.17) is 61.3 Å². The number of hydrogen-bond donors (Lipinski definition) is 12. The molecule has 4 radical (unpaired) electrons. The largest absolute Gasteiger partial charge is 0.412 e. The summed E-state index contributed by atoms with van der Waals surface area (Å²) in [6.07, 6.45) is -12.2. The monoisotopic (exact) mass is 606 g/mol. The molecular formula is C6H34O20Sc4. The summed E-state index contributed by atoms with van der Waals surface area (Å²) in [5.74, 6) is 0. The summed E-state index contributed by atoms with van der Waals surface area (Å²) in [4.78, 5) is 0. The minimum atomic E-state index is -2.04. The van der Waals surface area contributed by atoms with E-state index in [1.807, 2.05) is 0 Å². The van der Waals surface area contributed by atoms with Crippen molar-refractivity contribution < 1.29 is 208 Å². The second-order valence-electron chi connectivity index (χ2n) is 2.48. The third kappa shape index (κ3) is 125. The van der Waals surface area contributed by atoms with Gasteiger partial charge < -0.3 is 105 Å². The Morgan fingerprint density at radius 1 is 0.200 bits per heavy atom. The van der Waals surface area contributed by atoms with Crippen LogP contribution in [-0.2, 0) is 103 Å². The Hall–Kier alpha value is 2.68. The van der Waals surface area contributed by atoms with E-state index in [2.05, 4.69) is 0 Å². The third-order valence-corrected chi connectivity index (χ3v) is 0.800. The van der Waals surface area contributed by atoms with E-state index in [0.717, 1.165) is 0 Å². The molecule has 0 aliphatic carbocycles. The van der Waals surface area contributed by atoms with Gasteiger partial charge in [-0.15, -0.1) is 0 Å². The number of aliphatic hydroxyl groups is 12. The number of aliphatic hydroxyl groups excluding tert-OH is 6. The number of rotatable bonds is 3. The Kier molecular flexibility index (Phi) is 244. The van der Waals surface area contributed by atoms with Gasteiger partial charge in [-0.3, -0.25) is 0 Å². The minimum absolute atomic E-state index is 0. The predicted molar refractivity (Wildman–Crippen MR) is 78.3 cm³/mol. The molecule has 0 heterocycles. The normalized spacial score (nSPS) is 6.60. The van der Waals surface area contributed by atoms with Gasteiger partial charge in [-0.2, -0.15) is 0 Å². The smallest absolute Gasteiger partial charge is 0.204 e. The molecule has 0 rings (SSSR count). The van der Waals surface area contributed by atoms with Gasteiger partial charge in [-0.25, -0.2) is 0 Å². The van der Waals surface area contributed by atoms with E-state index >= 15 is 0 Å². The molecule has 0 aromatic heterocycles. The third-order valence-electron chi connectivity index (χ3n) is 0.800. The Labute approximate surface area is 244 Å². The van der Waals surface area contributed by atoms with Gasteiger partial charge in [0.1, 0.15) is 0 Å². The first-order chi connectivity index (χ1) is 7.93. The maximum Gasteiger partial charge on any atom is 0.204 e. The van der Waals surface area contributed by atoms with Crippen LogP contribution < -0.4 is 0 Å². The fraction of sp³-hybridized carbons (Fsp3) is 1.00. The molecule has 0 unspecified atom stereocenters. The van der Waals surface area contributed by atoms with E-state index in [1.165, 1.54) is 0 Å². The van der Waals surface area contributed by atoms with Crippen molar-refractivity contribution in [1.82, 2.24) is 0 Å². The van der Waals surface area contributed by atoms with Crippen molar-refractivity contribution in [3.63, 3.8) is 0 Å². The molecule has 24 heteroatoms. The van der Waals surface area contributed by atoms with E-state index in [0.29, 0.717) is 0 Å². The molecule has 190 valence electrons.